The van der Waals surface area contributed by atoms with Crippen molar-refractivity contribution in [3.63, 3.8) is 0 Å². The molecular weight excluding hydrogens is 300 g/mol. The zero-order chi connectivity index (χ0) is 17.0. The summed E-state index contributed by atoms with van der Waals surface area (Å²) in [6.07, 6.45) is 4.94. The Morgan fingerprint density at radius 2 is 2.13 bits per heavy atom. The Kier molecular flexibility index (Phi) is 5.08. The molecule has 0 aromatic carbocycles. The highest BCUT2D eigenvalue weighted by molar-refractivity contribution is 5.84. The van der Waals surface area contributed by atoms with Gasteiger partial charge in [-0.05, 0) is 33.6 Å². The number of carboxylic acids is 1. The molecule has 0 bridgehead atoms. The first kappa shape index (κ1) is 17.1. The Balaban J connectivity index is 1.91. The Morgan fingerprint density at radius 3 is 2.74 bits per heavy atom. The van der Waals surface area contributed by atoms with Gasteiger partial charge in [-0.25, -0.2) is 9.78 Å². The van der Waals surface area contributed by atoms with Gasteiger partial charge in [0.05, 0.1) is 12.6 Å². The molecule has 23 heavy (non-hydrogen) atoms. The second kappa shape index (κ2) is 6.85. The molecule has 126 valence electrons. The van der Waals surface area contributed by atoms with E-state index >= 15 is 0 Å². The van der Waals surface area contributed by atoms with Crippen LogP contribution in [0.25, 0.3) is 0 Å². The van der Waals surface area contributed by atoms with Crippen molar-refractivity contribution in [3.05, 3.63) is 23.6 Å². The number of aromatic carboxylic acids is 1. The van der Waals surface area contributed by atoms with Crippen LogP contribution in [0.1, 0.15) is 50.6 Å². The lowest BCUT2D eigenvalue weighted by atomic mass is 10.1. The summed E-state index contributed by atoms with van der Waals surface area (Å²) in [6.45, 7) is 6.82. The van der Waals surface area contributed by atoms with Gasteiger partial charge in [-0.3, -0.25) is 4.79 Å². The van der Waals surface area contributed by atoms with Gasteiger partial charge in [-0.15, -0.1) is 0 Å². The molecule has 0 atom stereocenters. The van der Waals surface area contributed by atoms with Gasteiger partial charge in [0.25, 0.3) is 6.01 Å². The Bertz CT molecular complexity index is 612. The molecule has 1 aromatic rings. The number of carbonyl (C=O) groups excluding carboxylic acids is 1. The lowest BCUT2D eigenvalue weighted by Gasteiger charge is -2.20. The van der Waals surface area contributed by atoms with Crippen LogP contribution in [-0.4, -0.2) is 40.7 Å². The van der Waals surface area contributed by atoms with Crippen molar-refractivity contribution in [2.75, 3.05) is 18.0 Å². The van der Waals surface area contributed by atoms with E-state index in [-0.39, 0.29) is 18.2 Å². The van der Waals surface area contributed by atoms with Gasteiger partial charge in [0.1, 0.15) is 5.60 Å². The van der Waals surface area contributed by atoms with Gasteiger partial charge in [-0.1, -0.05) is 11.6 Å². The summed E-state index contributed by atoms with van der Waals surface area (Å²) >= 11 is 0. The smallest absolute Gasteiger partial charge is 0.373 e. The van der Waals surface area contributed by atoms with E-state index in [1.54, 1.807) is 0 Å². The van der Waals surface area contributed by atoms with Crippen molar-refractivity contribution in [1.82, 2.24) is 4.98 Å². The summed E-state index contributed by atoms with van der Waals surface area (Å²) in [7, 11) is 0. The van der Waals surface area contributed by atoms with Gasteiger partial charge >= 0.3 is 11.9 Å². The van der Waals surface area contributed by atoms with Crippen LogP contribution in [0.5, 0.6) is 0 Å². The van der Waals surface area contributed by atoms with E-state index < -0.39 is 11.6 Å². The first-order chi connectivity index (χ1) is 10.7. The molecule has 2 rings (SSSR count). The largest absolute Gasteiger partial charge is 0.475 e. The van der Waals surface area contributed by atoms with Crippen molar-refractivity contribution >= 4 is 18.0 Å². The third-order valence-corrected chi connectivity index (χ3v) is 3.30. The third kappa shape index (κ3) is 5.12. The summed E-state index contributed by atoms with van der Waals surface area (Å²) in [5.74, 6) is -1.55. The van der Waals surface area contributed by atoms with E-state index in [1.165, 1.54) is 6.20 Å². The Morgan fingerprint density at radius 1 is 1.39 bits per heavy atom. The number of rotatable bonds is 4. The number of nitrogens with zero attached hydrogens (tertiary/aromatic N) is 2. The van der Waals surface area contributed by atoms with Gasteiger partial charge in [0.2, 0.25) is 5.76 Å². The molecule has 1 aromatic heterocycles. The van der Waals surface area contributed by atoms with Crippen LogP contribution in [0.2, 0.25) is 0 Å². The minimum absolute atomic E-state index is 0.175. The standard InChI is InChI=1S/C16H22N2O5/c1-16(2,3)23-13(19)9-11-5-4-7-18(8-6-11)15-17-10-12(22-15)14(20)21/h5,10H,4,6-9H2,1-3H3,(H,20,21). The van der Waals surface area contributed by atoms with Crippen LogP contribution in [0.15, 0.2) is 22.3 Å². The second-order valence-corrected chi connectivity index (χ2v) is 6.46. The van der Waals surface area contributed by atoms with E-state index in [0.29, 0.717) is 25.5 Å². The SMILES string of the molecule is CC(C)(C)OC(=O)CC1=CCCN(c2ncc(C(=O)O)o2)CC1. The summed E-state index contributed by atoms with van der Waals surface area (Å²) in [5, 5.41) is 8.87. The average molecular weight is 322 g/mol. The zero-order valence-electron chi connectivity index (χ0n) is 13.7. The van der Waals surface area contributed by atoms with Crippen molar-refractivity contribution in [3.8, 4) is 0 Å². The highest BCUT2D eigenvalue weighted by atomic mass is 16.6. The molecule has 0 fully saturated rings. The molecule has 0 amide bonds. The molecule has 7 heteroatoms. The zero-order valence-corrected chi connectivity index (χ0v) is 13.7. The lowest BCUT2D eigenvalue weighted by molar-refractivity contribution is -0.153. The van der Waals surface area contributed by atoms with Crippen molar-refractivity contribution in [2.45, 2.75) is 45.6 Å². The maximum atomic E-state index is 11.9. The predicted octanol–water partition coefficient (Wildman–Crippen LogP) is 2.63. The normalized spacial score (nSPS) is 15.8. The number of aromatic nitrogens is 1. The van der Waals surface area contributed by atoms with Crippen molar-refractivity contribution in [1.29, 1.82) is 0 Å². The number of carbonyl (C=O) groups is 2. The summed E-state index contributed by atoms with van der Waals surface area (Å²) < 4.78 is 10.6. The van der Waals surface area contributed by atoms with Gasteiger partial charge in [-0.2, -0.15) is 0 Å². The minimum atomic E-state index is -1.14. The third-order valence-electron chi connectivity index (χ3n) is 3.30. The maximum absolute atomic E-state index is 11.9. The van der Waals surface area contributed by atoms with Gasteiger partial charge < -0.3 is 19.2 Å². The average Bonchev–Trinajstić information content (AvgIpc) is 2.79. The Labute approximate surface area is 134 Å². The molecule has 0 saturated heterocycles. The maximum Gasteiger partial charge on any atom is 0.373 e. The van der Waals surface area contributed by atoms with Crippen molar-refractivity contribution in [2.24, 2.45) is 0 Å². The first-order valence-corrected chi connectivity index (χ1v) is 7.58. The molecule has 0 aliphatic carbocycles. The molecule has 1 aliphatic rings. The minimum Gasteiger partial charge on any atom is -0.475 e. The van der Waals surface area contributed by atoms with E-state index in [2.05, 4.69) is 4.98 Å². The number of carboxylic acid groups (broad SMARTS) is 1. The summed E-state index contributed by atoms with van der Waals surface area (Å²) in [6, 6.07) is 0.300. The molecule has 0 radical (unpaired) electrons. The molecule has 0 spiro atoms. The number of hydrogen-bond acceptors (Lipinski definition) is 6. The number of ether oxygens (including phenoxy) is 1. The van der Waals surface area contributed by atoms with Gasteiger partial charge in [0, 0.05) is 13.1 Å². The highest BCUT2D eigenvalue weighted by Gasteiger charge is 2.21. The quantitative estimate of drug-likeness (QED) is 0.672. The lowest BCUT2D eigenvalue weighted by Crippen LogP contribution is -2.25. The van der Waals surface area contributed by atoms with Crippen LogP contribution < -0.4 is 4.90 Å². The fourth-order valence-electron chi connectivity index (χ4n) is 2.34. The van der Waals surface area contributed by atoms with Crippen LogP contribution in [-0.2, 0) is 9.53 Å². The monoisotopic (exact) mass is 322 g/mol. The van der Waals surface area contributed by atoms with Crippen LogP contribution in [0.3, 0.4) is 0 Å². The summed E-state index contributed by atoms with van der Waals surface area (Å²) in [5.41, 5.74) is 0.534. The van der Waals surface area contributed by atoms with E-state index in [4.69, 9.17) is 14.3 Å². The molecule has 1 aliphatic heterocycles. The fourth-order valence-corrected chi connectivity index (χ4v) is 2.34. The Hall–Kier alpha value is -2.31. The number of oxazole rings is 1. The second-order valence-electron chi connectivity index (χ2n) is 6.46. The molecule has 1 N–H and O–H groups in total. The van der Waals surface area contributed by atoms with Crippen LogP contribution >= 0.6 is 0 Å². The van der Waals surface area contributed by atoms with E-state index in [0.717, 1.165) is 12.0 Å². The topological polar surface area (TPSA) is 92.9 Å². The summed E-state index contributed by atoms with van der Waals surface area (Å²) in [4.78, 5) is 28.6. The van der Waals surface area contributed by atoms with Crippen LogP contribution in [0.4, 0.5) is 6.01 Å². The number of hydrogen-bond donors (Lipinski definition) is 1. The fraction of sp³-hybridized carbons (Fsp3) is 0.562. The molecule has 0 unspecified atom stereocenters. The molecule has 0 saturated carbocycles. The van der Waals surface area contributed by atoms with E-state index in [1.807, 2.05) is 31.7 Å². The van der Waals surface area contributed by atoms with Crippen LogP contribution in [0, 0.1) is 0 Å². The number of anilines is 1. The molecular formula is C16H22N2O5. The highest BCUT2D eigenvalue weighted by Crippen LogP contribution is 2.22. The van der Waals surface area contributed by atoms with Crippen molar-refractivity contribution < 1.29 is 23.8 Å². The molecule has 2 heterocycles. The van der Waals surface area contributed by atoms with Gasteiger partial charge in [0.15, 0.2) is 0 Å². The number of esters is 1. The molecule has 7 nitrogen and oxygen atoms in total. The predicted molar refractivity (Wildman–Crippen MR) is 83.5 cm³/mol. The van der Waals surface area contributed by atoms with E-state index in [9.17, 15) is 9.59 Å². The first-order valence-electron chi connectivity index (χ1n) is 7.58.